The van der Waals surface area contributed by atoms with Crippen molar-refractivity contribution in [3.05, 3.63) is 119 Å². The summed E-state index contributed by atoms with van der Waals surface area (Å²) in [5.41, 5.74) is 2.80. The third kappa shape index (κ3) is 4.98. The van der Waals surface area contributed by atoms with Crippen LogP contribution in [0.15, 0.2) is 107 Å². The molecule has 4 rings (SSSR count). The second-order valence-electron chi connectivity index (χ2n) is 7.54. The SMILES string of the molecule is CS(=O)(=O)c1ccc(-c2c(OCc3ccccc3)ccn(Cc3ccccc3)c2=O)cc1. The zero-order valence-electron chi connectivity index (χ0n) is 17.6. The average Bonchev–Trinajstić information content (AvgIpc) is 2.80. The van der Waals surface area contributed by atoms with Crippen LogP contribution in [0.3, 0.4) is 0 Å². The number of sulfone groups is 1. The lowest BCUT2D eigenvalue weighted by atomic mass is 10.1. The number of hydrogen-bond donors (Lipinski definition) is 0. The van der Waals surface area contributed by atoms with Crippen LogP contribution in [0.5, 0.6) is 5.75 Å². The van der Waals surface area contributed by atoms with E-state index in [1.807, 2.05) is 60.7 Å². The fourth-order valence-corrected chi connectivity index (χ4v) is 4.08. The molecule has 6 heteroatoms. The molecule has 3 aromatic carbocycles. The fraction of sp³-hybridized carbons (Fsp3) is 0.115. The maximum absolute atomic E-state index is 13.5. The Kier molecular flexibility index (Phi) is 6.23. The lowest BCUT2D eigenvalue weighted by molar-refractivity contribution is 0.306. The van der Waals surface area contributed by atoms with Gasteiger partial charge in [-0.15, -0.1) is 0 Å². The number of aromatic nitrogens is 1. The molecule has 0 radical (unpaired) electrons. The quantitative estimate of drug-likeness (QED) is 0.419. The monoisotopic (exact) mass is 445 g/mol. The molecule has 0 unspecified atom stereocenters. The minimum Gasteiger partial charge on any atom is -0.488 e. The van der Waals surface area contributed by atoms with Gasteiger partial charge in [0, 0.05) is 12.5 Å². The molecule has 0 saturated heterocycles. The van der Waals surface area contributed by atoms with Crippen LogP contribution in [-0.2, 0) is 23.0 Å². The molecule has 32 heavy (non-hydrogen) atoms. The molecule has 5 nitrogen and oxygen atoms in total. The highest BCUT2D eigenvalue weighted by Crippen LogP contribution is 2.28. The highest BCUT2D eigenvalue weighted by atomic mass is 32.2. The van der Waals surface area contributed by atoms with E-state index in [0.717, 1.165) is 17.4 Å². The highest BCUT2D eigenvalue weighted by molar-refractivity contribution is 7.90. The van der Waals surface area contributed by atoms with E-state index in [4.69, 9.17) is 4.74 Å². The van der Waals surface area contributed by atoms with E-state index >= 15 is 0 Å². The first kappa shape index (κ1) is 21.6. The van der Waals surface area contributed by atoms with E-state index in [1.54, 1.807) is 29.0 Å². The molecule has 4 aromatic rings. The summed E-state index contributed by atoms with van der Waals surface area (Å²) in [4.78, 5) is 13.7. The molecule has 1 heterocycles. The van der Waals surface area contributed by atoms with Gasteiger partial charge in [-0.05, 0) is 34.9 Å². The third-order valence-electron chi connectivity index (χ3n) is 5.13. The smallest absolute Gasteiger partial charge is 0.262 e. The third-order valence-corrected chi connectivity index (χ3v) is 6.26. The molecule has 0 amide bonds. The number of nitrogens with zero attached hydrogens (tertiary/aromatic N) is 1. The zero-order valence-corrected chi connectivity index (χ0v) is 18.5. The molecule has 1 aromatic heterocycles. The van der Waals surface area contributed by atoms with Gasteiger partial charge in [-0.1, -0.05) is 72.8 Å². The summed E-state index contributed by atoms with van der Waals surface area (Å²) >= 11 is 0. The van der Waals surface area contributed by atoms with Crippen molar-refractivity contribution in [3.63, 3.8) is 0 Å². The normalized spacial score (nSPS) is 11.3. The number of rotatable bonds is 7. The van der Waals surface area contributed by atoms with Crippen LogP contribution in [0.25, 0.3) is 11.1 Å². The second kappa shape index (κ2) is 9.24. The largest absolute Gasteiger partial charge is 0.488 e. The molecule has 0 aliphatic rings. The summed E-state index contributed by atoms with van der Waals surface area (Å²) in [6, 6.07) is 27.5. The van der Waals surface area contributed by atoms with Crippen molar-refractivity contribution in [1.82, 2.24) is 4.57 Å². The summed E-state index contributed by atoms with van der Waals surface area (Å²) in [5, 5.41) is 0. The van der Waals surface area contributed by atoms with Crippen molar-refractivity contribution < 1.29 is 13.2 Å². The van der Waals surface area contributed by atoms with Gasteiger partial charge in [0.25, 0.3) is 5.56 Å². The molecule has 0 bridgehead atoms. The fourth-order valence-electron chi connectivity index (χ4n) is 3.45. The summed E-state index contributed by atoms with van der Waals surface area (Å²) in [6.07, 6.45) is 2.88. The number of hydrogen-bond acceptors (Lipinski definition) is 4. The molecular formula is C26H23NO4S. The van der Waals surface area contributed by atoms with Gasteiger partial charge in [-0.2, -0.15) is 0 Å². The Bertz CT molecular complexity index is 1360. The van der Waals surface area contributed by atoms with Gasteiger partial charge in [0.2, 0.25) is 0 Å². The Morgan fingerprint density at radius 1 is 0.781 bits per heavy atom. The molecule has 0 spiro atoms. The van der Waals surface area contributed by atoms with Crippen LogP contribution in [0.2, 0.25) is 0 Å². The Balaban J connectivity index is 1.75. The lowest BCUT2D eigenvalue weighted by Gasteiger charge is -2.15. The van der Waals surface area contributed by atoms with E-state index in [0.29, 0.717) is 30.0 Å². The van der Waals surface area contributed by atoms with Gasteiger partial charge in [0.1, 0.15) is 12.4 Å². The zero-order chi connectivity index (χ0) is 22.6. The van der Waals surface area contributed by atoms with E-state index in [1.165, 1.54) is 12.1 Å². The van der Waals surface area contributed by atoms with Gasteiger partial charge < -0.3 is 9.30 Å². The maximum Gasteiger partial charge on any atom is 0.262 e. The van der Waals surface area contributed by atoms with Crippen LogP contribution >= 0.6 is 0 Å². The second-order valence-corrected chi connectivity index (χ2v) is 9.56. The molecule has 0 N–H and O–H groups in total. The predicted molar refractivity (Wildman–Crippen MR) is 126 cm³/mol. The Hall–Kier alpha value is -3.64. The van der Waals surface area contributed by atoms with Crippen molar-refractivity contribution in [3.8, 4) is 16.9 Å². The van der Waals surface area contributed by atoms with Crippen LogP contribution in [0, 0.1) is 0 Å². The van der Waals surface area contributed by atoms with Crippen molar-refractivity contribution in [2.24, 2.45) is 0 Å². The summed E-state index contributed by atoms with van der Waals surface area (Å²) in [7, 11) is -3.33. The molecule has 0 fully saturated rings. The Labute approximate surface area is 187 Å². The van der Waals surface area contributed by atoms with E-state index in [9.17, 15) is 13.2 Å². The molecule has 162 valence electrons. The van der Waals surface area contributed by atoms with E-state index in [2.05, 4.69) is 0 Å². The minimum atomic E-state index is -3.33. The van der Waals surface area contributed by atoms with Gasteiger partial charge in [0.15, 0.2) is 9.84 Å². The summed E-state index contributed by atoms with van der Waals surface area (Å²) in [6.45, 7) is 0.741. The lowest BCUT2D eigenvalue weighted by Crippen LogP contribution is -2.22. The van der Waals surface area contributed by atoms with Crippen molar-refractivity contribution >= 4 is 9.84 Å². The van der Waals surface area contributed by atoms with Crippen LogP contribution < -0.4 is 10.3 Å². The van der Waals surface area contributed by atoms with Crippen LogP contribution in [0.1, 0.15) is 11.1 Å². The maximum atomic E-state index is 13.5. The van der Waals surface area contributed by atoms with Crippen LogP contribution in [0.4, 0.5) is 0 Å². The van der Waals surface area contributed by atoms with Gasteiger partial charge >= 0.3 is 0 Å². The molecule has 0 aliphatic heterocycles. The number of benzene rings is 3. The first-order valence-corrected chi connectivity index (χ1v) is 12.1. The molecule has 0 atom stereocenters. The number of ether oxygens (including phenoxy) is 1. The molecular weight excluding hydrogens is 422 g/mol. The number of pyridine rings is 1. The van der Waals surface area contributed by atoms with Crippen molar-refractivity contribution in [2.75, 3.05) is 6.26 Å². The van der Waals surface area contributed by atoms with Crippen molar-refractivity contribution in [2.45, 2.75) is 18.0 Å². The summed E-state index contributed by atoms with van der Waals surface area (Å²) < 4.78 is 31.3. The first-order chi connectivity index (χ1) is 15.4. The average molecular weight is 446 g/mol. The van der Waals surface area contributed by atoms with E-state index in [-0.39, 0.29) is 10.5 Å². The van der Waals surface area contributed by atoms with Gasteiger partial charge in [-0.3, -0.25) is 4.79 Å². The molecule has 0 saturated carbocycles. The van der Waals surface area contributed by atoms with Gasteiger partial charge in [0.05, 0.1) is 17.0 Å². The Morgan fingerprint density at radius 3 is 1.97 bits per heavy atom. The minimum absolute atomic E-state index is 0.202. The highest BCUT2D eigenvalue weighted by Gasteiger charge is 2.16. The van der Waals surface area contributed by atoms with Crippen molar-refractivity contribution in [1.29, 1.82) is 0 Å². The Morgan fingerprint density at radius 2 is 1.38 bits per heavy atom. The standard InChI is InChI=1S/C26H23NO4S/c1-32(29,30)23-14-12-22(13-15-23)25-24(31-19-21-10-6-3-7-11-21)16-17-27(26(25)28)18-20-8-4-2-5-9-20/h2-17H,18-19H2,1H3. The van der Waals surface area contributed by atoms with Gasteiger partial charge in [-0.25, -0.2) is 8.42 Å². The topological polar surface area (TPSA) is 65.4 Å². The van der Waals surface area contributed by atoms with Crippen LogP contribution in [-0.4, -0.2) is 19.2 Å². The summed E-state index contributed by atoms with van der Waals surface area (Å²) in [5.74, 6) is 0.454. The first-order valence-electron chi connectivity index (χ1n) is 10.2. The predicted octanol–water partition coefficient (Wildman–Crippen LogP) is 4.55. The van der Waals surface area contributed by atoms with E-state index < -0.39 is 9.84 Å². The molecule has 0 aliphatic carbocycles.